The molecule has 1 unspecified atom stereocenters. The Morgan fingerprint density at radius 2 is 2.31 bits per heavy atom. The number of carboxylic acids is 1. The SMILES string of the molecule is COc1ccc(O)c2c1C(C(=O)O)NCC2. The number of ether oxygens (including phenoxy) is 1. The Hall–Kier alpha value is -1.75. The predicted molar refractivity (Wildman–Crippen MR) is 56.7 cm³/mol. The number of phenols is 1. The summed E-state index contributed by atoms with van der Waals surface area (Å²) in [4.78, 5) is 11.1. The van der Waals surface area contributed by atoms with Crippen molar-refractivity contribution in [2.24, 2.45) is 0 Å². The molecule has 1 aromatic rings. The molecule has 1 aliphatic heterocycles. The second kappa shape index (κ2) is 4.02. The van der Waals surface area contributed by atoms with Gasteiger partial charge in [0.1, 0.15) is 17.5 Å². The number of nitrogens with one attached hydrogen (secondary N) is 1. The first-order chi connectivity index (χ1) is 7.65. The molecule has 0 amide bonds. The highest BCUT2D eigenvalue weighted by Gasteiger charge is 2.30. The summed E-state index contributed by atoms with van der Waals surface area (Å²) in [5, 5.41) is 21.7. The number of carbonyl (C=O) groups is 1. The van der Waals surface area contributed by atoms with E-state index in [-0.39, 0.29) is 5.75 Å². The maximum atomic E-state index is 11.1. The third kappa shape index (κ3) is 1.59. The van der Waals surface area contributed by atoms with Gasteiger partial charge in [-0.25, -0.2) is 0 Å². The Balaban J connectivity index is 2.60. The molecule has 0 radical (unpaired) electrons. The lowest BCUT2D eigenvalue weighted by Gasteiger charge is -2.26. The van der Waals surface area contributed by atoms with E-state index in [1.807, 2.05) is 0 Å². The van der Waals surface area contributed by atoms with Crippen LogP contribution in [0, 0.1) is 0 Å². The molecule has 0 fully saturated rings. The minimum Gasteiger partial charge on any atom is -0.508 e. The third-order valence-corrected chi connectivity index (χ3v) is 2.77. The quantitative estimate of drug-likeness (QED) is 0.687. The van der Waals surface area contributed by atoms with Gasteiger partial charge in [0.2, 0.25) is 0 Å². The summed E-state index contributed by atoms with van der Waals surface area (Å²) >= 11 is 0. The van der Waals surface area contributed by atoms with Crippen molar-refractivity contribution in [3.05, 3.63) is 23.3 Å². The molecule has 0 saturated carbocycles. The molecule has 0 spiro atoms. The van der Waals surface area contributed by atoms with E-state index in [0.717, 1.165) is 0 Å². The molecule has 5 nitrogen and oxygen atoms in total. The van der Waals surface area contributed by atoms with Gasteiger partial charge in [0.15, 0.2) is 0 Å². The summed E-state index contributed by atoms with van der Waals surface area (Å²) < 4.78 is 5.13. The first-order valence-electron chi connectivity index (χ1n) is 5.00. The zero-order valence-electron chi connectivity index (χ0n) is 8.86. The number of hydrogen-bond donors (Lipinski definition) is 3. The van der Waals surface area contributed by atoms with Crippen LogP contribution in [0.3, 0.4) is 0 Å². The molecule has 5 heteroatoms. The Morgan fingerprint density at radius 3 is 2.94 bits per heavy atom. The third-order valence-electron chi connectivity index (χ3n) is 2.77. The molecule has 0 bridgehead atoms. The van der Waals surface area contributed by atoms with Gasteiger partial charge in [-0.2, -0.15) is 0 Å². The lowest BCUT2D eigenvalue weighted by Crippen LogP contribution is -2.35. The van der Waals surface area contributed by atoms with E-state index in [1.165, 1.54) is 13.2 Å². The smallest absolute Gasteiger partial charge is 0.325 e. The van der Waals surface area contributed by atoms with Gasteiger partial charge >= 0.3 is 5.97 Å². The van der Waals surface area contributed by atoms with Crippen molar-refractivity contribution < 1.29 is 19.7 Å². The number of methoxy groups -OCH3 is 1. The van der Waals surface area contributed by atoms with Crippen LogP contribution in [0.5, 0.6) is 11.5 Å². The zero-order chi connectivity index (χ0) is 11.7. The Morgan fingerprint density at radius 1 is 1.56 bits per heavy atom. The summed E-state index contributed by atoms with van der Waals surface area (Å²) in [5.41, 5.74) is 1.19. The van der Waals surface area contributed by atoms with E-state index < -0.39 is 12.0 Å². The van der Waals surface area contributed by atoms with Gasteiger partial charge in [0, 0.05) is 17.7 Å². The van der Waals surface area contributed by atoms with E-state index in [9.17, 15) is 9.90 Å². The van der Waals surface area contributed by atoms with Crippen molar-refractivity contribution in [1.29, 1.82) is 0 Å². The van der Waals surface area contributed by atoms with E-state index in [4.69, 9.17) is 9.84 Å². The number of fused-ring (bicyclic) bond motifs is 1. The number of phenolic OH excluding ortho intramolecular Hbond substituents is 1. The monoisotopic (exact) mass is 223 g/mol. The lowest BCUT2D eigenvalue weighted by molar-refractivity contribution is -0.139. The largest absolute Gasteiger partial charge is 0.508 e. The summed E-state index contributed by atoms with van der Waals surface area (Å²) in [6.45, 7) is 0.532. The molecule has 0 aliphatic carbocycles. The molecule has 0 saturated heterocycles. The topological polar surface area (TPSA) is 78.8 Å². The minimum absolute atomic E-state index is 0.128. The van der Waals surface area contributed by atoms with Crippen molar-refractivity contribution in [1.82, 2.24) is 5.32 Å². The minimum atomic E-state index is -0.968. The van der Waals surface area contributed by atoms with Crippen LogP contribution in [0.25, 0.3) is 0 Å². The van der Waals surface area contributed by atoms with Crippen LogP contribution in [0.2, 0.25) is 0 Å². The Bertz CT molecular complexity index is 430. The second-order valence-electron chi connectivity index (χ2n) is 3.65. The number of aromatic hydroxyl groups is 1. The van der Waals surface area contributed by atoms with E-state index in [2.05, 4.69) is 5.32 Å². The van der Waals surface area contributed by atoms with Crippen LogP contribution in [-0.4, -0.2) is 29.8 Å². The van der Waals surface area contributed by atoms with Gasteiger partial charge in [-0.3, -0.25) is 4.79 Å². The molecule has 16 heavy (non-hydrogen) atoms. The summed E-state index contributed by atoms with van der Waals surface area (Å²) in [6, 6.07) is 2.30. The molecule has 1 heterocycles. The molecule has 3 N–H and O–H groups in total. The molecule has 1 atom stereocenters. The van der Waals surface area contributed by atoms with Crippen LogP contribution in [0.1, 0.15) is 17.2 Å². The fraction of sp³-hybridized carbons (Fsp3) is 0.364. The fourth-order valence-electron chi connectivity index (χ4n) is 2.04. The normalized spacial score (nSPS) is 18.9. The van der Waals surface area contributed by atoms with Gasteiger partial charge in [0.25, 0.3) is 0 Å². The van der Waals surface area contributed by atoms with Crippen LogP contribution in [0.15, 0.2) is 12.1 Å². The van der Waals surface area contributed by atoms with Crippen molar-refractivity contribution in [2.45, 2.75) is 12.5 Å². The molecule has 0 aromatic heterocycles. The average molecular weight is 223 g/mol. The van der Waals surface area contributed by atoms with Gasteiger partial charge in [-0.15, -0.1) is 0 Å². The lowest BCUT2D eigenvalue weighted by atomic mass is 9.92. The molecule has 2 rings (SSSR count). The maximum absolute atomic E-state index is 11.1. The average Bonchev–Trinajstić information content (AvgIpc) is 2.29. The number of benzene rings is 1. The standard InChI is InChI=1S/C11H13NO4/c1-16-8-3-2-7(13)6-4-5-12-10(9(6)8)11(14)15/h2-3,10,12-13H,4-5H2,1H3,(H,14,15). The van der Waals surface area contributed by atoms with Crippen molar-refractivity contribution in [2.75, 3.05) is 13.7 Å². The van der Waals surface area contributed by atoms with Crippen LogP contribution >= 0.6 is 0 Å². The maximum Gasteiger partial charge on any atom is 0.325 e. The molecule has 1 aromatic carbocycles. The first-order valence-corrected chi connectivity index (χ1v) is 5.00. The second-order valence-corrected chi connectivity index (χ2v) is 3.65. The van der Waals surface area contributed by atoms with Crippen molar-refractivity contribution in [3.8, 4) is 11.5 Å². The highest BCUT2D eigenvalue weighted by Crippen LogP contribution is 2.36. The molecular formula is C11H13NO4. The number of rotatable bonds is 2. The number of carboxylic acid groups (broad SMARTS) is 1. The van der Waals surface area contributed by atoms with Crippen LogP contribution in [-0.2, 0) is 11.2 Å². The molecule has 1 aliphatic rings. The van der Waals surface area contributed by atoms with E-state index in [0.29, 0.717) is 29.8 Å². The highest BCUT2D eigenvalue weighted by atomic mass is 16.5. The Labute approximate surface area is 92.7 Å². The molecular weight excluding hydrogens is 210 g/mol. The van der Waals surface area contributed by atoms with Crippen molar-refractivity contribution in [3.63, 3.8) is 0 Å². The van der Waals surface area contributed by atoms with E-state index >= 15 is 0 Å². The summed E-state index contributed by atoms with van der Waals surface area (Å²) in [7, 11) is 1.49. The van der Waals surface area contributed by atoms with E-state index in [1.54, 1.807) is 6.07 Å². The van der Waals surface area contributed by atoms with Gasteiger partial charge in [-0.1, -0.05) is 0 Å². The number of aliphatic carboxylic acids is 1. The fourth-order valence-corrected chi connectivity index (χ4v) is 2.04. The van der Waals surface area contributed by atoms with Gasteiger partial charge < -0.3 is 20.3 Å². The summed E-state index contributed by atoms with van der Waals surface area (Å²) in [6.07, 6.45) is 0.599. The van der Waals surface area contributed by atoms with Crippen LogP contribution in [0.4, 0.5) is 0 Å². The van der Waals surface area contributed by atoms with Gasteiger partial charge in [-0.05, 0) is 18.6 Å². The molecule has 86 valence electrons. The van der Waals surface area contributed by atoms with Crippen molar-refractivity contribution >= 4 is 5.97 Å². The summed E-state index contributed by atoms with van der Waals surface area (Å²) in [5.74, 6) is -0.346. The highest BCUT2D eigenvalue weighted by molar-refractivity contribution is 5.78. The van der Waals surface area contributed by atoms with Gasteiger partial charge in [0.05, 0.1) is 7.11 Å². The van der Waals surface area contributed by atoms with Crippen LogP contribution < -0.4 is 10.1 Å². The zero-order valence-corrected chi connectivity index (χ0v) is 8.86. The Kier molecular flexibility index (Phi) is 2.70. The first kappa shape index (κ1) is 10.8. The number of hydrogen-bond acceptors (Lipinski definition) is 4. The predicted octanol–water partition coefficient (Wildman–Crippen LogP) is 0.672.